The lowest BCUT2D eigenvalue weighted by atomic mass is 10.1. The molecule has 0 bridgehead atoms. The van der Waals surface area contributed by atoms with Crippen LogP contribution in [-0.4, -0.2) is 20.6 Å². The lowest BCUT2D eigenvalue weighted by Gasteiger charge is -2.08. The van der Waals surface area contributed by atoms with Crippen molar-refractivity contribution in [3.8, 4) is 0 Å². The number of aromatic nitrogens is 1. The summed E-state index contributed by atoms with van der Waals surface area (Å²) in [5, 5.41) is 19.8. The summed E-state index contributed by atoms with van der Waals surface area (Å²) in [7, 11) is 0. The lowest BCUT2D eigenvalue weighted by Crippen LogP contribution is -2.23. The van der Waals surface area contributed by atoms with Crippen LogP contribution in [0.25, 0.3) is 0 Å². The van der Waals surface area contributed by atoms with Gasteiger partial charge in [0.1, 0.15) is 0 Å². The highest BCUT2D eigenvalue weighted by atomic mass is 16.6. The number of hydrogen-bond donors (Lipinski definition) is 1. The minimum absolute atomic E-state index is 0.0387. The molecule has 7 nitrogen and oxygen atoms in total. The van der Waals surface area contributed by atoms with Gasteiger partial charge in [-0.1, -0.05) is 18.2 Å². The van der Waals surface area contributed by atoms with Gasteiger partial charge in [0, 0.05) is 12.3 Å². The maximum atomic E-state index is 11.9. The highest BCUT2D eigenvalue weighted by Crippen LogP contribution is 2.11. The summed E-state index contributed by atoms with van der Waals surface area (Å²) in [4.78, 5) is 32.9. The second-order valence-corrected chi connectivity index (χ2v) is 4.05. The van der Waals surface area contributed by atoms with Crippen LogP contribution in [0.2, 0.25) is 0 Å². The van der Waals surface area contributed by atoms with Gasteiger partial charge in [-0.2, -0.15) is 0 Å². The molecule has 0 aliphatic rings. The average Bonchev–Trinajstić information content (AvgIpc) is 2.41. The van der Waals surface area contributed by atoms with Crippen LogP contribution in [0.4, 0.5) is 5.69 Å². The second kappa shape index (κ2) is 5.35. The van der Waals surface area contributed by atoms with Crippen LogP contribution >= 0.6 is 0 Å². The van der Waals surface area contributed by atoms with Crippen molar-refractivity contribution in [1.29, 1.82) is 0 Å². The zero-order chi connectivity index (χ0) is 14.7. The van der Waals surface area contributed by atoms with Crippen LogP contribution in [0, 0.1) is 10.1 Å². The molecule has 20 heavy (non-hydrogen) atoms. The van der Waals surface area contributed by atoms with E-state index >= 15 is 0 Å². The van der Waals surface area contributed by atoms with Gasteiger partial charge in [-0.15, -0.1) is 0 Å². The Labute approximate surface area is 112 Å². The number of aromatic carboxylic acids is 1. The van der Waals surface area contributed by atoms with E-state index in [1.54, 1.807) is 18.2 Å². The molecule has 0 aliphatic heterocycles. The van der Waals surface area contributed by atoms with Crippen LogP contribution < -0.4 is 5.56 Å². The van der Waals surface area contributed by atoms with Gasteiger partial charge >= 0.3 is 17.2 Å². The third-order valence-electron chi connectivity index (χ3n) is 2.79. The van der Waals surface area contributed by atoms with E-state index < -0.39 is 22.1 Å². The van der Waals surface area contributed by atoms with Gasteiger partial charge in [0.05, 0.1) is 17.0 Å². The van der Waals surface area contributed by atoms with Gasteiger partial charge in [-0.3, -0.25) is 14.9 Å². The number of carbonyl (C=O) groups is 1. The smallest absolute Gasteiger partial charge is 0.336 e. The van der Waals surface area contributed by atoms with E-state index in [9.17, 15) is 19.7 Å². The average molecular weight is 274 g/mol. The number of nitrogens with zero attached hydrogens (tertiary/aromatic N) is 2. The van der Waals surface area contributed by atoms with Crippen molar-refractivity contribution in [3.05, 3.63) is 74.2 Å². The summed E-state index contributed by atoms with van der Waals surface area (Å²) in [6.45, 7) is -0.0387. The zero-order valence-electron chi connectivity index (χ0n) is 10.2. The zero-order valence-corrected chi connectivity index (χ0v) is 10.2. The fraction of sp³-hybridized carbons (Fsp3) is 0.0769. The highest BCUT2D eigenvalue weighted by molar-refractivity contribution is 5.89. The SMILES string of the molecule is O=C(O)c1ccccc1Cn1cccc([N+](=O)[O-])c1=O. The molecular weight excluding hydrogens is 264 g/mol. The van der Waals surface area contributed by atoms with Gasteiger partial charge in [0.2, 0.25) is 0 Å². The van der Waals surface area contributed by atoms with E-state index in [1.807, 2.05) is 0 Å². The Bertz CT molecular complexity index is 736. The first-order valence-electron chi connectivity index (χ1n) is 5.65. The molecule has 0 saturated heterocycles. The molecule has 0 radical (unpaired) electrons. The Balaban J connectivity index is 2.46. The molecule has 0 spiro atoms. The molecule has 2 aromatic rings. The molecule has 1 N–H and O–H groups in total. The first-order valence-corrected chi connectivity index (χ1v) is 5.65. The Morgan fingerprint density at radius 1 is 1.25 bits per heavy atom. The number of carboxylic acid groups (broad SMARTS) is 1. The van der Waals surface area contributed by atoms with E-state index in [4.69, 9.17) is 5.11 Å². The number of hydrogen-bond acceptors (Lipinski definition) is 4. The second-order valence-electron chi connectivity index (χ2n) is 4.05. The maximum absolute atomic E-state index is 11.9. The summed E-state index contributed by atoms with van der Waals surface area (Å²) in [5.74, 6) is -1.11. The molecule has 0 aliphatic carbocycles. The molecule has 102 valence electrons. The Kier molecular flexibility index (Phi) is 3.60. The van der Waals surface area contributed by atoms with E-state index in [1.165, 1.54) is 18.3 Å². The first kappa shape index (κ1) is 13.5. The van der Waals surface area contributed by atoms with E-state index in [0.29, 0.717) is 5.56 Å². The lowest BCUT2D eigenvalue weighted by molar-refractivity contribution is -0.386. The van der Waals surface area contributed by atoms with Crippen LogP contribution in [0.1, 0.15) is 15.9 Å². The molecule has 1 heterocycles. The molecule has 2 rings (SSSR count). The topological polar surface area (TPSA) is 102 Å². The van der Waals surface area contributed by atoms with E-state index in [2.05, 4.69) is 0 Å². The number of benzene rings is 1. The summed E-state index contributed by atoms with van der Waals surface area (Å²) < 4.78 is 1.11. The van der Waals surface area contributed by atoms with Crippen molar-refractivity contribution in [2.45, 2.75) is 6.54 Å². The number of pyridine rings is 1. The molecule has 0 saturated carbocycles. The molecule has 0 atom stereocenters. The Morgan fingerprint density at radius 2 is 1.95 bits per heavy atom. The number of nitro groups is 1. The van der Waals surface area contributed by atoms with Crippen molar-refractivity contribution in [3.63, 3.8) is 0 Å². The van der Waals surface area contributed by atoms with Crippen LogP contribution in [0.3, 0.4) is 0 Å². The van der Waals surface area contributed by atoms with Crippen LogP contribution in [-0.2, 0) is 6.54 Å². The summed E-state index contributed by atoms with van der Waals surface area (Å²) in [6.07, 6.45) is 1.38. The fourth-order valence-corrected chi connectivity index (χ4v) is 1.84. The van der Waals surface area contributed by atoms with Gasteiger partial charge < -0.3 is 9.67 Å². The quantitative estimate of drug-likeness (QED) is 0.672. The monoisotopic (exact) mass is 274 g/mol. The minimum atomic E-state index is -1.11. The predicted octanol–water partition coefficient (Wildman–Crippen LogP) is 1.50. The van der Waals surface area contributed by atoms with Crippen molar-refractivity contribution in [2.75, 3.05) is 0 Å². The van der Waals surface area contributed by atoms with Gasteiger partial charge in [0.25, 0.3) is 0 Å². The maximum Gasteiger partial charge on any atom is 0.336 e. The van der Waals surface area contributed by atoms with Crippen LogP contribution in [0.15, 0.2) is 47.4 Å². The van der Waals surface area contributed by atoms with E-state index in [-0.39, 0.29) is 12.1 Å². The predicted molar refractivity (Wildman–Crippen MR) is 69.9 cm³/mol. The van der Waals surface area contributed by atoms with Crippen LogP contribution in [0.5, 0.6) is 0 Å². The molecule has 1 aromatic heterocycles. The molecule has 0 amide bonds. The van der Waals surface area contributed by atoms with Crippen molar-refractivity contribution >= 4 is 11.7 Å². The fourth-order valence-electron chi connectivity index (χ4n) is 1.84. The van der Waals surface area contributed by atoms with Gasteiger partial charge in [-0.05, 0) is 17.7 Å². The minimum Gasteiger partial charge on any atom is -0.478 e. The summed E-state index contributed by atoms with van der Waals surface area (Å²) in [5.41, 5.74) is -0.841. The van der Waals surface area contributed by atoms with Crippen molar-refractivity contribution in [2.24, 2.45) is 0 Å². The molecule has 0 unspecified atom stereocenters. The number of rotatable bonds is 4. The number of carboxylic acids is 1. The largest absolute Gasteiger partial charge is 0.478 e. The Hall–Kier alpha value is -2.96. The van der Waals surface area contributed by atoms with Crippen molar-refractivity contribution in [1.82, 2.24) is 4.57 Å². The first-order chi connectivity index (χ1) is 9.50. The molecule has 0 fully saturated rings. The van der Waals surface area contributed by atoms with Gasteiger partial charge in [0.15, 0.2) is 0 Å². The molecule has 1 aromatic carbocycles. The van der Waals surface area contributed by atoms with E-state index in [0.717, 1.165) is 10.6 Å². The summed E-state index contributed by atoms with van der Waals surface area (Å²) in [6, 6.07) is 8.69. The summed E-state index contributed by atoms with van der Waals surface area (Å²) >= 11 is 0. The Morgan fingerprint density at radius 3 is 2.60 bits per heavy atom. The van der Waals surface area contributed by atoms with Crippen molar-refractivity contribution < 1.29 is 14.8 Å². The standard InChI is InChI=1S/C13H10N2O5/c16-12-11(15(19)20)6-3-7-14(12)8-9-4-1-2-5-10(9)13(17)18/h1-7H,8H2,(H,17,18). The third-order valence-corrected chi connectivity index (χ3v) is 2.79. The third kappa shape index (κ3) is 2.56. The molecule has 7 heteroatoms. The molecular formula is C13H10N2O5. The van der Waals surface area contributed by atoms with Gasteiger partial charge in [-0.25, -0.2) is 4.79 Å². The normalized spacial score (nSPS) is 10.2. The highest BCUT2D eigenvalue weighted by Gasteiger charge is 2.15.